The molecule has 1 aliphatic rings. The van der Waals surface area contributed by atoms with Crippen molar-refractivity contribution in [3.05, 3.63) is 63.7 Å². The van der Waals surface area contributed by atoms with E-state index in [1.807, 2.05) is 0 Å². The van der Waals surface area contributed by atoms with Crippen LogP contribution in [-0.2, 0) is 15.7 Å². The number of carbonyl (C=O) groups is 2. The highest BCUT2D eigenvalue weighted by Gasteiger charge is 2.33. The lowest BCUT2D eigenvalue weighted by molar-refractivity contribution is -0.388. The molecule has 0 unspecified atom stereocenters. The van der Waals surface area contributed by atoms with Crippen LogP contribution in [0.3, 0.4) is 0 Å². The van der Waals surface area contributed by atoms with Gasteiger partial charge in [0.2, 0.25) is 5.91 Å². The summed E-state index contributed by atoms with van der Waals surface area (Å²) in [6, 6.07) is 8.55. The lowest BCUT2D eigenvalue weighted by atomic mass is 10.1. The number of benzene rings is 2. The molecule has 0 bridgehead atoms. The molecular formula is C20H18F3N3O5S. The van der Waals surface area contributed by atoms with Crippen LogP contribution in [0.2, 0.25) is 0 Å². The molecule has 8 nitrogen and oxygen atoms in total. The highest BCUT2D eigenvalue weighted by Crippen LogP contribution is 2.36. The van der Waals surface area contributed by atoms with Crippen LogP contribution in [0.1, 0.15) is 15.9 Å². The Balaban J connectivity index is 1.70. The summed E-state index contributed by atoms with van der Waals surface area (Å²) in [6.07, 6.45) is -4.72. The van der Waals surface area contributed by atoms with Gasteiger partial charge in [0.25, 0.3) is 11.6 Å². The molecule has 0 aliphatic carbocycles. The maximum Gasteiger partial charge on any atom is 0.416 e. The number of thioether (sulfide) groups is 1. The molecule has 3 rings (SSSR count). The predicted molar refractivity (Wildman–Crippen MR) is 111 cm³/mol. The van der Waals surface area contributed by atoms with E-state index in [-0.39, 0.29) is 27.8 Å². The number of nitrogens with one attached hydrogen (secondary N) is 1. The van der Waals surface area contributed by atoms with Crippen LogP contribution in [0.4, 0.5) is 24.5 Å². The van der Waals surface area contributed by atoms with Gasteiger partial charge in [0.15, 0.2) is 0 Å². The molecule has 1 N–H and O–H groups in total. The minimum absolute atomic E-state index is 0.0733. The second-order valence-electron chi connectivity index (χ2n) is 6.72. The summed E-state index contributed by atoms with van der Waals surface area (Å²) in [6.45, 7) is 1.69. The van der Waals surface area contributed by atoms with Gasteiger partial charge in [0, 0.05) is 19.2 Å². The normalized spacial score (nSPS) is 14.2. The Kier molecular flexibility index (Phi) is 7.36. The fourth-order valence-corrected chi connectivity index (χ4v) is 3.81. The lowest BCUT2D eigenvalue weighted by Gasteiger charge is -2.27. The molecule has 2 aromatic carbocycles. The molecule has 0 saturated carbocycles. The van der Waals surface area contributed by atoms with Crippen LogP contribution < -0.4 is 5.32 Å². The van der Waals surface area contributed by atoms with E-state index in [2.05, 4.69) is 5.32 Å². The zero-order valence-corrected chi connectivity index (χ0v) is 17.4. The third kappa shape index (κ3) is 5.77. The zero-order chi connectivity index (χ0) is 23.3. The molecule has 0 radical (unpaired) electrons. The van der Waals surface area contributed by atoms with Crippen molar-refractivity contribution >= 4 is 35.0 Å². The summed E-state index contributed by atoms with van der Waals surface area (Å²) in [5, 5.41) is 13.8. The van der Waals surface area contributed by atoms with Crippen LogP contribution in [-0.4, -0.2) is 53.7 Å². The van der Waals surface area contributed by atoms with Gasteiger partial charge in [-0.05, 0) is 24.3 Å². The molecule has 0 spiro atoms. The van der Waals surface area contributed by atoms with E-state index in [0.717, 1.165) is 23.9 Å². The van der Waals surface area contributed by atoms with Gasteiger partial charge in [-0.2, -0.15) is 13.2 Å². The van der Waals surface area contributed by atoms with E-state index < -0.39 is 28.3 Å². The quantitative estimate of drug-likeness (QED) is 0.392. The number of nitro groups is 1. The van der Waals surface area contributed by atoms with Gasteiger partial charge >= 0.3 is 6.18 Å². The number of para-hydroxylation sites is 1. The first-order valence-electron chi connectivity index (χ1n) is 9.41. The molecule has 12 heteroatoms. The molecule has 0 aromatic heterocycles. The number of rotatable bonds is 6. The summed E-state index contributed by atoms with van der Waals surface area (Å²) >= 11 is 0.731. The number of anilines is 1. The highest BCUT2D eigenvalue weighted by atomic mass is 32.2. The van der Waals surface area contributed by atoms with Crippen molar-refractivity contribution in [2.75, 3.05) is 37.4 Å². The maximum atomic E-state index is 12.8. The van der Waals surface area contributed by atoms with Crippen LogP contribution in [0, 0.1) is 10.1 Å². The van der Waals surface area contributed by atoms with Gasteiger partial charge in [-0.15, -0.1) is 11.8 Å². The predicted octanol–water partition coefficient (Wildman–Crippen LogP) is 3.82. The molecule has 2 aromatic rings. The monoisotopic (exact) mass is 469 g/mol. The molecule has 2 amide bonds. The number of hydrogen-bond donors (Lipinski definition) is 1. The van der Waals surface area contributed by atoms with Gasteiger partial charge in [-0.3, -0.25) is 19.7 Å². The summed E-state index contributed by atoms with van der Waals surface area (Å²) in [4.78, 5) is 37.0. The average molecular weight is 469 g/mol. The molecule has 1 aliphatic heterocycles. The van der Waals surface area contributed by atoms with Crippen molar-refractivity contribution in [2.24, 2.45) is 0 Å². The first-order valence-corrected chi connectivity index (χ1v) is 10.4. The van der Waals surface area contributed by atoms with E-state index in [1.54, 1.807) is 29.2 Å². The van der Waals surface area contributed by atoms with Crippen molar-refractivity contribution in [2.45, 2.75) is 11.1 Å². The van der Waals surface area contributed by atoms with Crippen LogP contribution in [0.15, 0.2) is 47.4 Å². The average Bonchev–Trinajstić information content (AvgIpc) is 2.77. The van der Waals surface area contributed by atoms with Crippen LogP contribution in [0.5, 0.6) is 0 Å². The number of nitro benzene ring substituents is 1. The number of amides is 2. The number of alkyl halides is 3. The van der Waals surface area contributed by atoms with Crippen LogP contribution in [0.25, 0.3) is 0 Å². The number of nitrogens with zero attached hydrogens (tertiary/aromatic N) is 2. The minimum Gasteiger partial charge on any atom is -0.378 e. The van der Waals surface area contributed by atoms with Crippen molar-refractivity contribution < 1.29 is 32.4 Å². The van der Waals surface area contributed by atoms with E-state index >= 15 is 0 Å². The lowest BCUT2D eigenvalue weighted by Crippen LogP contribution is -2.41. The Morgan fingerprint density at radius 1 is 1.16 bits per heavy atom. The van der Waals surface area contributed by atoms with Gasteiger partial charge in [0.05, 0.1) is 45.6 Å². The van der Waals surface area contributed by atoms with Crippen molar-refractivity contribution in [1.29, 1.82) is 0 Å². The molecule has 1 saturated heterocycles. The van der Waals surface area contributed by atoms with Crippen molar-refractivity contribution in [3.63, 3.8) is 0 Å². The molecule has 1 fully saturated rings. The Morgan fingerprint density at radius 2 is 1.84 bits per heavy atom. The minimum atomic E-state index is -4.72. The van der Waals surface area contributed by atoms with Gasteiger partial charge in [-0.1, -0.05) is 12.1 Å². The summed E-state index contributed by atoms with van der Waals surface area (Å²) in [5.41, 5.74) is -1.32. The summed E-state index contributed by atoms with van der Waals surface area (Å²) in [7, 11) is 0. The maximum absolute atomic E-state index is 12.8. The number of carbonyl (C=O) groups excluding carboxylic acids is 2. The zero-order valence-electron chi connectivity index (χ0n) is 16.6. The standard InChI is InChI=1S/C20H18F3N3O5S/c21-20(22,23)13-5-6-17(16(11-13)26(29)30)32-12-18(27)24-15-4-2-1-3-14(15)19(28)25-7-9-31-10-8-25/h1-6,11H,7-10,12H2,(H,24,27). The van der Waals surface area contributed by atoms with Crippen molar-refractivity contribution in [1.82, 2.24) is 4.90 Å². The number of morpholine rings is 1. The largest absolute Gasteiger partial charge is 0.416 e. The summed E-state index contributed by atoms with van der Waals surface area (Å²) < 4.78 is 43.7. The van der Waals surface area contributed by atoms with Gasteiger partial charge < -0.3 is 15.0 Å². The highest BCUT2D eigenvalue weighted by molar-refractivity contribution is 8.00. The van der Waals surface area contributed by atoms with E-state index in [4.69, 9.17) is 4.74 Å². The third-order valence-electron chi connectivity index (χ3n) is 4.57. The van der Waals surface area contributed by atoms with E-state index in [9.17, 15) is 32.9 Å². The Labute approximate surface area is 184 Å². The fraction of sp³-hybridized carbons (Fsp3) is 0.300. The number of ether oxygens (including phenoxy) is 1. The van der Waals surface area contributed by atoms with Gasteiger partial charge in [-0.25, -0.2) is 0 Å². The van der Waals surface area contributed by atoms with Crippen LogP contribution >= 0.6 is 11.8 Å². The molecule has 32 heavy (non-hydrogen) atoms. The fourth-order valence-electron chi connectivity index (χ4n) is 3.00. The second-order valence-corrected chi connectivity index (χ2v) is 7.74. The Bertz CT molecular complexity index is 1030. The molecular weight excluding hydrogens is 451 g/mol. The van der Waals surface area contributed by atoms with Gasteiger partial charge in [0.1, 0.15) is 0 Å². The smallest absolute Gasteiger partial charge is 0.378 e. The first kappa shape index (κ1) is 23.5. The SMILES string of the molecule is O=C(CSc1ccc(C(F)(F)F)cc1[N+](=O)[O-])Nc1ccccc1C(=O)N1CCOCC1. The molecule has 1 heterocycles. The first-order chi connectivity index (χ1) is 15.2. The molecule has 0 atom stereocenters. The number of hydrogen-bond acceptors (Lipinski definition) is 6. The van der Waals surface area contributed by atoms with E-state index in [1.165, 1.54) is 0 Å². The summed E-state index contributed by atoms with van der Waals surface area (Å²) in [5.74, 6) is -1.13. The van der Waals surface area contributed by atoms with E-state index in [0.29, 0.717) is 32.4 Å². The Morgan fingerprint density at radius 3 is 2.50 bits per heavy atom. The topological polar surface area (TPSA) is 102 Å². The van der Waals surface area contributed by atoms with Crippen molar-refractivity contribution in [3.8, 4) is 0 Å². The third-order valence-corrected chi connectivity index (χ3v) is 5.63. The second kappa shape index (κ2) is 10.0. The molecule has 170 valence electrons. The Hall–Kier alpha value is -3.12. The number of halogens is 3.